The smallest absolute Gasteiger partial charge is 0.267 e. The van der Waals surface area contributed by atoms with E-state index in [1.807, 2.05) is 6.92 Å². The second-order valence-corrected chi connectivity index (χ2v) is 8.43. The molecule has 2 aromatic rings. The van der Waals surface area contributed by atoms with Gasteiger partial charge in [0.1, 0.15) is 12.4 Å². The monoisotopic (exact) mass is 442 g/mol. The molecule has 0 bridgehead atoms. The van der Waals surface area contributed by atoms with Gasteiger partial charge in [-0.15, -0.1) is 0 Å². The number of ether oxygens (including phenoxy) is 1. The molecule has 3 heterocycles. The van der Waals surface area contributed by atoms with E-state index >= 15 is 0 Å². The molecule has 170 valence electrons. The summed E-state index contributed by atoms with van der Waals surface area (Å²) in [6.07, 6.45) is 2.16. The molecular weight excluding hydrogens is 415 g/mol. The van der Waals surface area contributed by atoms with Crippen molar-refractivity contribution >= 4 is 11.8 Å². The molecule has 2 aliphatic rings. The van der Waals surface area contributed by atoms with Crippen LogP contribution in [0.1, 0.15) is 45.6 Å². The van der Waals surface area contributed by atoms with Gasteiger partial charge in [-0.25, -0.2) is 9.49 Å². The van der Waals surface area contributed by atoms with Crippen LogP contribution in [0.15, 0.2) is 23.0 Å². The van der Waals surface area contributed by atoms with Crippen LogP contribution in [0.2, 0.25) is 0 Å². The molecule has 1 aromatic heterocycles. The highest BCUT2D eigenvalue weighted by molar-refractivity contribution is 5.97. The molecule has 2 saturated heterocycles. The minimum atomic E-state index is -0.628. The van der Waals surface area contributed by atoms with Crippen molar-refractivity contribution in [3.05, 3.63) is 62.3 Å². The van der Waals surface area contributed by atoms with Gasteiger partial charge in [-0.1, -0.05) is 6.07 Å². The molecular formula is C23H27FN4O4. The predicted octanol–water partition coefficient (Wildman–Crippen LogP) is 1.58. The average Bonchev–Trinajstić information content (AvgIpc) is 2.80. The van der Waals surface area contributed by atoms with Gasteiger partial charge in [0.25, 0.3) is 11.5 Å². The van der Waals surface area contributed by atoms with E-state index in [0.717, 1.165) is 18.4 Å². The molecule has 0 radical (unpaired) electrons. The number of hydrogen-bond acceptors (Lipinski definition) is 5. The number of nitrogens with one attached hydrogen (secondary N) is 1. The first-order chi connectivity index (χ1) is 15.3. The van der Waals surface area contributed by atoms with E-state index in [4.69, 9.17) is 4.74 Å². The third kappa shape index (κ3) is 4.43. The first-order valence-corrected chi connectivity index (χ1v) is 10.8. The number of H-pyrrole nitrogens is 1. The standard InChI is InChI=1S/C23H27FN4O4/c1-14-15(2)22(30)26-25-20(14)11-16-5-6-19(24)18(10-16)23(31)27-7-8-28(21(29)12-27)17-4-3-9-32-13-17/h5-6,10,17H,3-4,7-9,11-13H2,1-2H3,(H,26,30). The SMILES string of the molecule is Cc1c(Cc2ccc(F)c(C(=O)N3CCN(C4CCCOC4)C(=O)C3)c2)n[nH]c(=O)c1C. The van der Waals surface area contributed by atoms with Gasteiger partial charge in [-0.05, 0) is 49.9 Å². The van der Waals surface area contributed by atoms with E-state index in [1.165, 1.54) is 17.0 Å². The van der Waals surface area contributed by atoms with Crippen LogP contribution in [-0.2, 0) is 16.0 Å². The zero-order chi connectivity index (χ0) is 22.8. The van der Waals surface area contributed by atoms with Gasteiger partial charge < -0.3 is 14.5 Å². The topological polar surface area (TPSA) is 95.6 Å². The summed E-state index contributed by atoms with van der Waals surface area (Å²) in [7, 11) is 0. The number of rotatable bonds is 4. The van der Waals surface area contributed by atoms with Crippen molar-refractivity contribution in [2.75, 3.05) is 32.8 Å². The number of carbonyl (C=O) groups excluding carboxylic acids is 2. The zero-order valence-corrected chi connectivity index (χ0v) is 18.3. The molecule has 1 N–H and O–H groups in total. The largest absolute Gasteiger partial charge is 0.379 e. The number of aromatic nitrogens is 2. The molecule has 2 aliphatic heterocycles. The first-order valence-electron chi connectivity index (χ1n) is 10.8. The molecule has 9 heteroatoms. The van der Waals surface area contributed by atoms with Gasteiger partial charge in [-0.3, -0.25) is 14.4 Å². The zero-order valence-electron chi connectivity index (χ0n) is 18.3. The summed E-state index contributed by atoms with van der Waals surface area (Å²) >= 11 is 0. The first kappa shape index (κ1) is 22.1. The normalized spacial score (nSPS) is 19.3. The lowest BCUT2D eigenvalue weighted by Gasteiger charge is -2.40. The second-order valence-electron chi connectivity index (χ2n) is 8.43. The number of halogens is 1. The van der Waals surface area contributed by atoms with E-state index in [-0.39, 0.29) is 29.6 Å². The van der Waals surface area contributed by atoms with E-state index in [2.05, 4.69) is 10.2 Å². The fourth-order valence-corrected chi connectivity index (χ4v) is 4.27. The van der Waals surface area contributed by atoms with Crippen LogP contribution >= 0.6 is 0 Å². The minimum absolute atomic E-state index is 0.0464. The quantitative estimate of drug-likeness (QED) is 0.776. The Morgan fingerprint density at radius 2 is 2.06 bits per heavy atom. The molecule has 1 unspecified atom stereocenters. The highest BCUT2D eigenvalue weighted by Crippen LogP contribution is 2.20. The highest BCUT2D eigenvalue weighted by Gasteiger charge is 2.33. The summed E-state index contributed by atoms with van der Waals surface area (Å²) in [5.74, 6) is -1.27. The maximum Gasteiger partial charge on any atom is 0.267 e. The van der Waals surface area contributed by atoms with Crippen LogP contribution in [0.5, 0.6) is 0 Å². The molecule has 2 amide bonds. The Balaban J connectivity index is 1.49. The van der Waals surface area contributed by atoms with Crippen molar-refractivity contribution in [3.8, 4) is 0 Å². The minimum Gasteiger partial charge on any atom is -0.379 e. The molecule has 1 aromatic carbocycles. The number of piperazine rings is 1. The summed E-state index contributed by atoms with van der Waals surface area (Å²) < 4.78 is 20.0. The van der Waals surface area contributed by atoms with Gasteiger partial charge in [-0.2, -0.15) is 5.10 Å². The number of benzene rings is 1. The van der Waals surface area contributed by atoms with Crippen LogP contribution in [-0.4, -0.2) is 70.7 Å². The van der Waals surface area contributed by atoms with Crippen LogP contribution < -0.4 is 5.56 Å². The maximum atomic E-state index is 14.6. The lowest BCUT2D eigenvalue weighted by molar-refractivity contribution is -0.140. The number of aromatic amines is 1. The molecule has 4 rings (SSSR count). The third-order valence-electron chi connectivity index (χ3n) is 6.38. The van der Waals surface area contributed by atoms with E-state index in [1.54, 1.807) is 17.9 Å². The predicted molar refractivity (Wildman–Crippen MR) is 115 cm³/mol. The fraction of sp³-hybridized carbons (Fsp3) is 0.478. The Labute approximate surface area is 185 Å². The molecule has 0 spiro atoms. The highest BCUT2D eigenvalue weighted by atomic mass is 19.1. The molecule has 0 aliphatic carbocycles. The van der Waals surface area contributed by atoms with Gasteiger partial charge in [0, 0.05) is 31.7 Å². The lowest BCUT2D eigenvalue weighted by Crippen LogP contribution is -2.57. The van der Waals surface area contributed by atoms with E-state index < -0.39 is 11.7 Å². The second kappa shape index (κ2) is 9.20. The molecule has 8 nitrogen and oxygen atoms in total. The van der Waals surface area contributed by atoms with Crippen LogP contribution in [0.3, 0.4) is 0 Å². The number of nitrogens with zero attached hydrogens (tertiary/aromatic N) is 3. The summed E-state index contributed by atoms with van der Waals surface area (Å²) in [4.78, 5) is 40.6. The van der Waals surface area contributed by atoms with Crippen molar-refractivity contribution in [1.29, 1.82) is 0 Å². The van der Waals surface area contributed by atoms with E-state index in [9.17, 15) is 18.8 Å². The van der Waals surface area contributed by atoms with Crippen molar-refractivity contribution in [2.24, 2.45) is 0 Å². The van der Waals surface area contributed by atoms with E-state index in [0.29, 0.717) is 49.5 Å². The Hall–Kier alpha value is -3.07. The number of hydrogen-bond donors (Lipinski definition) is 1. The average molecular weight is 442 g/mol. The molecule has 2 fully saturated rings. The van der Waals surface area contributed by atoms with Crippen molar-refractivity contribution in [2.45, 2.75) is 39.2 Å². The Bertz CT molecular complexity index is 1090. The summed E-state index contributed by atoms with van der Waals surface area (Å²) in [6, 6.07) is 4.41. The number of carbonyl (C=O) groups is 2. The molecule has 0 saturated carbocycles. The Morgan fingerprint density at radius 3 is 2.78 bits per heavy atom. The maximum absolute atomic E-state index is 14.6. The number of amides is 2. The van der Waals surface area contributed by atoms with Gasteiger partial charge >= 0.3 is 0 Å². The van der Waals surface area contributed by atoms with Gasteiger partial charge in [0.15, 0.2) is 0 Å². The summed E-state index contributed by atoms with van der Waals surface area (Å²) in [5, 5.41) is 6.56. The fourth-order valence-electron chi connectivity index (χ4n) is 4.27. The lowest BCUT2D eigenvalue weighted by atomic mass is 10.0. The molecule has 1 atom stereocenters. The Morgan fingerprint density at radius 1 is 1.25 bits per heavy atom. The van der Waals surface area contributed by atoms with Gasteiger partial charge in [0.2, 0.25) is 5.91 Å². The van der Waals surface area contributed by atoms with Gasteiger partial charge in [0.05, 0.1) is 23.9 Å². The summed E-state index contributed by atoms with van der Waals surface area (Å²) in [6.45, 7) is 5.46. The Kier molecular flexibility index (Phi) is 6.36. The van der Waals surface area contributed by atoms with Crippen molar-refractivity contribution in [3.63, 3.8) is 0 Å². The third-order valence-corrected chi connectivity index (χ3v) is 6.38. The van der Waals surface area contributed by atoms with Crippen molar-refractivity contribution < 1.29 is 18.7 Å². The van der Waals surface area contributed by atoms with Crippen LogP contribution in [0.25, 0.3) is 0 Å². The van der Waals surface area contributed by atoms with Crippen LogP contribution in [0.4, 0.5) is 4.39 Å². The van der Waals surface area contributed by atoms with Crippen LogP contribution in [0, 0.1) is 19.7 Å². The van der Waals surface area contributed by atoms with Crippen molar-refractivity contribution in [1.82, 2.24) is 20.0 Å². The molecule has 32 heavy (non-hydrogen) atoms. The summed E-state index contributed by atoms with van der Waals surface area (Å²) in [5.41, 5.74) is 2.38.